The number of carbonyl (C=O) groups is 1. The minimum Gasteiger partial charge on any atom is -0.350 e. The number of hydrogen-bond donors (Lipinski definition) is 2. The minimum atomic E-state index is -0.180. The predicted molar refractivity (Wildman–Crippen MR) is 90.8 cm³/mol. The fourth-order valence-electron chi connectivity index (χ4n) is 2.59. The molecular formula is C15H21Cl3N2O. The number of nitrogens with one attached hydrogen (secondary N) is 2. The van der Waals surface area contributed by atoms with Crippen molar-refractivity contribution < 1.29 is 4.79 Å². The molecule has 6 heteroatoms. The molecule has 1 atom stereocenters. The molecule has 2 N–H and O–H groups in total. The Balaban J connectivity index is 0.00000220. The molecule has 1 amide bonds. The molecule has 0 aromatic heterocycles. The molecular weight excluding hydrogens is 331 g/mol. The van der Waals surface area contributed by atoms with Crippen LogP contribution in [0.3, 0.4) is 0 Å². The molecule has 0 radical (unpaired) electrons. The molecule has 1 heterocycles. The Bertz CT molecular complexity index is 506. The summed E-state index contributed by atoms with van der Waals surface area (Å²) in [5.41, 5.74) is 0.608. The summed E-state index contributed by atoms with van der Waals surface area (Å²) in [6, 6.07) is 5.36. The quantitative estimate of drug-likeness (QED) is 0.866. The van der Waals surface area contributed by atoms with E-state index in [9.17, 15) is 4.79 Å². The van der Waals surface area contributed by atoms with Crippen molar-refractivity contribution in [3.63, 3.8) is 0 Å². The van der Waals surface area contributed by atoms with Crippen LogP contribution in [0.15, 0.2) is 18.2 Å². The van der Waals surface area contributed by atoms with Crippen molar-refractivity contribution in [2.45, 2.75) is 32.7 Å². The van der Waals surface area contributed by atoms with Gasteiger partial charge < -0.3 is 10.6 Å². The van der Waals surface area contributed by atoms with E-state index in [1.54, 1.807) is 18.2 Å². The molecule has 1 fully saturated rings. The molecule has 0 spiro atoms. The fourth-order valence-corrected chi connectivity index (χ4v) is 2.97. The third-order valence-electron chi connectivity index (χ3n) is 3.99. The SMILES string of the molecule is CC1(C)CCCNC1CNC(=O)c1cccc(Cl)c1Cl.Cl. The van der Waals surface area contributed by atoms with Crippen LogP contribution < -0.4 is 10.6 Å². The first-order valence-electron chi connectivity index (χ1n) is 6.87. The van der Waals surface area contributed by atoms with Crippen LogP contribution in [0.25, 0.3) is 0 Å². The van der Waals surface area contributed by atoms with Crippen LogP contribution in [0, 0.1) is 5.41 Å². The first-order chi connectivity index (χ1) is 9.42. The van der Waals surface area contributed by atoms with Gasteiger partial charge in [0.2, 0.25) is 0 Å². The minimum absolute atomic E-state index is 0. The van der Waals surface area contributed by atoms with E-state index >= 15 is 0 Å². The van der Waals surface area contributed by atoms with Gasteiger partial charge in [0, 0.05) is 12.6 Å². The van der Waals surface area contributed by atoms with Crippen molar-refractivity contribution >= 4 is 41.5 Å². The summed E-state index contributed by atoms with van der Waals surface area (Å²) in [6.45, 7) is 6.04. The number of carbonyl (C=O) groups excluding carboxylic acids is 1. The van der Waals surface area contributed by atoms with Crippen molar-refractivity contribution in [2.24, 2.45) is 5.41 Å². The Morgan fingerprint density at radius 3 is 2.81 bits per heavy atom. The average molecular weight is 352 g/mol. The second-order valence-corrected chi connectivity index (χ2v) is 6.70. The lowest BCUT2D eigenvalue weighted by atomic mass is 9.77. The molecule has 118 valence electrons. The molecule has 3 nitrogen and oxygen atoms in total. The molecule has 1 aliphatic heterocycles. The highest BCUT2D eigenvalue weighted by Crippen LogP contribution is 2.30. The summed E-state index contributed by atoms with van der Waals surface area (Å²) in [5, 5.41) is 7.12. The zero-order valence-corrected chi connectivity index (χ0v) is 14.5. The fraction of sp³-hybridized carbons (Fsp3) is 0.533. The Kier molecular flexibility index (Phi) is 6.79. The van der Waals surface area contributed by atoms with Crippen LogP contribution in [-0.2, 0) is 0 Å². The largest absolute Gasteiger partial charge is 0.350 e. The van der Waals surface area contributed by atoms with Gasteiger partial charge in [0.15, 0.2) is 0 Å². The normalized spacial score (nSPS) is 20.5. The van der Waals surface area contributed by atoms with E-state index in [2.05, 4.69) is 24.5 Å². The maximum Gasteiger partial charge on any atom is 0.252 e. The van der Waals surface area contributed by atoms with Crippen molar-refractivity contribution in [3.05, 3.63) is 33.8 Å². The van der Waals surface area contributed by atoms with Gasteiger partial charge in [-0.05, 0) is 36.9 Å². The van der Waals surface area contributed by atoms with E-state index in [0.29, 0.717) is 22.2 Å². The van der Waals surface area contributed by atoms with Crippen molar-refractivity contribution in [3.8, 4) is 0 Å². The summed E-state index contributed by atoms with van der Waals surface area (Å²) in [5.74, 6) is -0.180. The zero-order valence-electron chi connectivity index (χ0n) is 12.2. The van der Waals surface area contributed by atoms with Crippen LogP contribution >= 0.6 is 35.6 Å². The smallest absolute Gasteiger partial charge is 0.252 e. The second kappa shape index (κ2) is 7.68. The van der Waals surface area contributed by atoms with E-state index in [4.69, 9.17) is 23.2 Å². The van der Waals surface area contributed by atoms with Crippen LogP contribution in [0.5, 0.6) is 0 Å². The van der Waals surface area contributed by atoms with Gasteiger partial charge in [-0.2, -0.15) is 0 Å². The number of amides is 1. The average Bonchev–Trinajstić information content (AvgIpc) is 2.40. The second-order valence-electron chi connectivity index (χ2n) is 5.91. The third kappa shape index (κ3) is 4.49. The molecule has 1 saturated heterocycles. The molecule has 0 bridgehead atoms. The topological polar surface area (TPSA) is 41.1 Å². The lowest BCUT2D eigenvalue weighted by Crippen LogP contribution is -2.52. The molecule has 1 aromatic carbocycles. The Labute approximate surface area is 142 Å². The zero-order chi connectivity index (χ0) is 14.8. The van der Waals surface area contributed by atoms with Crippen LogP contribution in [0.1, 0.15) is 37.0 Å². The van der Waals surface area contributed by atoms with Gasteiger partial charge in [-0.25, -0.2) is 0 Å². The van der Waals surface area contributed by atoms with Gasteiger partial charge in [0.1, 0.15) is 0 Å². The maximum absolute atomic E-state index is 12.2. The van der Waals surface area contributed by atoms with E-state index in [1.807, 2.05) is 0 Å². The number of piperidine rings is 1. The summed E-state index contributed by atoms with van der Waals surface area (Å²) < 4.78 is 0. The highest BCUT2D eigenvalue weighted by molar-refractivity contribution is 6.43. The summed E-state index contributed by atoms with van der Waals surface area (Å²) >= 11 is 12.0. The van der Waals surface area contributed by atoms with Crippen LogP contribution in [-0.4, -0.2) is 25.0 Å². The van der Waals surface area contributed by atoms with E-state index in [-0.39, 0.29) is 29.8 Å². The number of benzene rings is 1. The van der Waals surface area contributed by atoms with Crippen molar-refractivity contribution in [1.82, 2.24) is 10.6 Å². The molecule has 0 aliphatic carbocycles. The first-order valence-corrected chi connectivity index (χ1v) is 7.63. The van der Waals surface area contributed by atoms with E-state index in [1.165, 1.54) is 12.8 Å². The van der Waals surface area contributed by atoms with Gasteiger partial charge in [-0.1, -0.05) is 43.1 Å². The Hall–Kier alpha value is -0.480. The molecule has 1 aliphatic rings. The monoisotopic (exact) mass is 350 g/mol. The number of rotatable bonds is 3. The number of halogens is 3. The molecule has 2 rings (SSSR count). The number of hydrogen-bond acceptors (Lipinski definition) is 2. The summed E-state index contributed by atoms with van der Waals surface area (Å²) in [4.78, 5) is 12.2. The summed E-state index contributed by atoms with van der Waals surface area (Å²) in [7, 11) is 0. The molecule has 21 heavy (non-hydrogen) atoms. The molecule has 0 saturated carbocycles. The van der Waals surface area contributed by atoms with E-state index < -0.39 is 0 Å². The van der Waals surface area contributed by atoms with Gasteiger partial charge >= 0.3 is 0 Å². The maximum atomic E-state index is 12.2. The van der Waals surface area contributed by atoms with Gasteiger partial charge in [-0.3, -0.25) is 4.79 Å². The van der Waals surface area contributed by atoms with Crippen molar-refractivity contribution in [1.29, 1.82) is 0 Å². The van der Waals surface area contributed by atoms with E-state index in [0.717, 1.165) is 6.54 Å². The van der Waals surface area contributed by atoms with Crippen LogP contribution in [0.4, 0.5) is 0 Å². The lowest BCUT2D eigenvalue weighted by molar-refractivity contribution is 0.0929. The highest BCUT2D eigenvalue weighted by atomic mass is 35.5. The lowest BCUT2D eigenvalue weighted by Gasteiger charge is -2.39. The molecule has 1 aromatic rings. The first kappa shape index (κ1) is 18.6. The molecule has 1 unspecified atom stereocenters. The van der Waals surface area contributed by atoms with Gasteiger partial charge in [0.05, 0.1) is 15.6 Å². The summed E-state index contributed by atoms with van der Waals surface area (Å²) in [6.07, 6.45) is 2.34. The van der Waals surface area contributed by atoms with Crippen LogP contribution in [0.2, 0.25) is 10.0 Å². The Morgan fingerprint density at radius 2 is 2.14 bits per heavy atom. The van der Waals surface area contributed by atoms with Crippen molar-refractivity contribution in [2.75, 3.05) is 13.1 Å². The Morgan fingerprint density at radius 1 is 1.43 bits per heavy atom. The standard InChI is InChI=1S/C15H20Cl2N2O.ClH/c1-15(2)7-4-8-18-12(15)9-19-14(20)10-5-3-6-11(16)13(10)17;/h3,5-6,12,18H,4,7-9H2,1-2H3,(H,19,20);1H. The van der Waals surface area contributed by atoms with Gasteiger partial charge in [0.25, 0.3) is 5.91 Å². The highest BCUT2D eigenvalue weighted by Gasteiger charge is 2.32. The third-order valence-corrected chi connectivity index (χ3v) is 4.81. The van der Waals surface area contributed by atoms with Gasteiger partial charge in [-0.15, -0.1) is 12.4 Å². The predicted octanol–water partition coefficient (Wildman–Crippen LogP) is 3.92.